The van der Waals surface area contributed by atoms with E-state index in [1.807, 2.05) is 0 Å². The van der Waals surface area contributed by atoms with Gasteiger partial charge in [0.1, 0.15) is 0 Å². The first-order valence-electron chi connectivity index (χ1n) is 4.40. The van der Waals surface area contributed by atoms with Crippen LogP contribution in [-0.4, -0.2) is 11.7 Å². The highest BCUT2D eigenvalue weighted by Crippen LogP contribution is 2.30. The van der Waals surface area contributed by atoms with Gasteiger partial charge in [0.15, 0.2) is 0 Å². The number of hydrogen-bond donors (Lipinski definition) is 1. The van der Waals surface area contributed by atoms with Crippen molar-refractivity contribution in [3.05, 3.63) is 41.5 Å². The second kappa shape index (κ2) is 4.49. The fourth-order valence-electron chi connectivity index (χ4n) is 1.20. The summed E-state index contributed by atoms with van der Waals surface area (Å²) in [4.78, 5) is 0. The summed E-state index contributed by atoms with van der Waals surface area (Å²) in [5.41, 5.74) is 0.424. The van der Waals surface area contributed by atoms with E-state index in [0.29, 0.717) is 11.1 Å². The van der Waals surface area contributed by atoms with Crippen LogP contribution in [0.15, 0.2) is 30.3 Å². The molecule has 82 valence electrons. The van der Waals surface area contributed by atoms with Crippen LogP contribution in [0, 0.1) is 0 Å². The van der Waals surface area contributed by atoms with Crippen LogP contribution < -0.4 is 0 Å². The zero-order chi connectivity index (χ0) is 11.5. The minimum Gasteiger partial charge on any atom is -0.392 e. The first-order chi connectivity index (χ1) is 6.95. The normalized spacial score (nSPS) is 13.0. The quantitative estimate of drug-likeness (QED) is 0.805. The summed E-state index contributed by atoms with van der Waals surface area (Å²) in [6, 6.07) is 5.03. The van der Waals surface area contributed by atoms with E-state index < -0.39 is 11.7 Å². The second-order valence-corrected chi connectivity index (χ2v) is 3.15. The molecule has 0 heterocycles. The van der Waals surface area contributed by atoms with Crippen LogP contribution in [0.25, 0.3) is 5.57 Å². The first-order valence-corrected chi connectivity index (χ1v) is 4.40. The molecule has 1 aromatic carbocycles. The Morgan fingerprint density at radius 1 is 1.40 bits per heavy atom. The third-order valence-electron chi connectivity index (χ3n) is 2.04. The molecule has 0 amide bonds. The average Bonchev–Trinajstić information content (AvgIpc) is 2.17. The Morgan fingerprint density at radius 2 is 2.07 bits per heavy atom. The van der Waals surface area contributed by atoms with Crippen LogP contribution >= 0.6 is 0 Å². The smallest absolute Gasteiger partial charge is 0.392 e. The Hall–Kier alpha value is -1.29. The van der Waals surface area contributed by atoms with Crippen molar-refractivity contribution in [1.29, 1.82) is 0 Å². The van der Waals surface area contributed by atoms with Gasteiger partial charge in [-0.2, -0.15) is 13.2 Å². The van der Waals surface area contributed by atoms with Gasteiger partial charge in [-0.1, -0.05) is 18.2 Å². The van der Waals surface area contributed by atoms with Crippen LogP contribution in [0.5, 0.6) is 0 Å². The molecule has 0 aliphatic carbocycles. The minimum absolute atomic E-state index is 0.178. The van der Waals surface area contributed by atoms with Crippen LogP contribution in [-0.2, 0) is 6.18 Å². The third-order valence-corrected chi connectivity index (χ3v) is 2.04. The fourth-order valence-corrected chi connectivity index (χ4v) is 1.20. The molecule has 0 saturated carbocycles. The minimum atomic E-state index is -4.32. The van der Waals surface area contributed by atoms with E-state index in [-0.39, 0.29) is 6.61 Å². The standard InChI is InChI=1S/C11H11F3O/c1-8(5-6-15)9-3-2-4-10(7-9)11(12,13)14/h2-5,7,15H,6H2,1H3/b8-5+. The number of aliphatic hydroxyl groups is 1. The van der Waals surface area contributed by atoms with Crippen molar-refractivity contribution in [2.24, 2.45) is 0 Å². The number of allylic oxidation sites excluding steroid dienone is 1. The van der Waals surface area contributed by atoms with Crippen LogP contribution in [0.1, 0.15) is 18.1 Å². The Labute approximate surface area is 85.9 Å². The van der Waals surface area contributed by atoms with Crippen molar-refractivity contribution in [2.45, 2.75) is 13.1 Å². The molecule has 0 aromatic heterocycles. The molecule has 0 atom stereocenters. The maximum absolute atomic E-state index is 12.3. The number of halogens is 3. The molecule has 0 saturated heterocycles. The van der Waals surface area contributed by atoms with Crippen LogP contribution in [0.4, 0.5) is 13.2 Å². The van der Waals surface area contributed by atoms with Gasteiger partial charge < -0.3 is 5.11 Å². The highest BCUT2D eigenvalue weighted by atomic mass is 19.4. The molecule has 0 spiro atoms. The van der Waals surface area contributed by atoms with Gasteiger partial charge in [-0.3, -0.25) is 0 Å². The van der Waals surface area contributed by atoms with E-state index in [0.717, 1.165) is 12.1 Å². The molecule has 0 aliphatic rings. The lowest BCUT2D eigenvalue weighted by Crippen LogP contribution is -2.04. The molecule has 0 unspecified atom stereocenters. The van der Waals surface area contributed by atoms with Crippen molar-refractivity contribution >= 4 is 5.57 Å². The fraction of sp³-hybridized carbons (Fsp3) is 0.273. The Morgan fingerprint density at radius 3 is 2.60 bits per heavy atom. The maximum Gasteiger partial charge on any atom is 0.416 e. The summed E-state index contributed by atoms with van der Waals surface area (Å²) < 4.78 is 37.0. The zero-order valence-electron chi connectivity index (χ0n) is 8.17. The molecular formula is C11H11F3O. The van der Waals surface area contributed by atoms with Crippen molar-refractivity contribution in [2.75, 3.05) is 6.61 Å². The van der Waals surface area contributed by atoms with E-state index in [9.17, 15) is 13.2 Å². The maximum atomic E-state index is 12.3. The van der Waals surface area contributed by atoms with Gasteiger partial charge in [-0.15, -0.1) is 0 Å². The summed E-state index contributed by atoms with van der Waals surface area (Å²) in [5.74, 6) is 0. The van der Waals surface area contributed by atoms with E-state index in [1.54, 1.807) is 13.0 Å². The van der Waals surface area contributed by atoms with Gasteiger partial charge in [0.2, 0.25) is 0 Å². The Balaban J connectivity index is 3.08. The highest BCUT2D eigenvalue weighted by molar-refractivity contribution is 5.64. The van der Waals surface area contributed by atoms with E-state index in [1.165, 1.54) is 12.1 Å². The number of rotatable bonds is 2. The molecule has 1 N–H and O–H groups in total. The molecule has 1 aromatic rings. The third kappa shape index (κ3) is 3.09. The van der Waals surface area contributed by atoms with Crippen molar-refractivity contribution in [3.8, 4) is 0 Å². The largest absolute Gasteiger partial charge is 0.416 e. The molecule has 15 heavy (non-hydrogen) atoms. The van der Waals surface area contributed by atoms with E-state index in [2.05, 4.69) is 0 Å². The zero-order valence-corrected chi connectivity index (χ0v) is 8.17. The number of benzene rings is 1. The number of aliphatic hydroxyl groups excluding tert-OH is 1. The van der Waals surface area contributed by atoms with Gasteiger partial charge in [-0.05, 0) is 30.2 Å². The summed E-state index contributed by atoms with van der Waals surface area (Å²) in [5, 5.41) is 8.63. The number of alkyl halides is 3. The van der Waals surface area contributed by atoms with Crippen molar-refractivity contribution < 1.29 is 18.3 Å². The Bertz CT molecular complexity index is 366. The average molecular weight is 216 g/mol. The van der Waals surface area contributed by atoms with E-state index in [4.69, 9.17) is 5.11 Å². The second-order valence-electron chi connectivity index (χ2n) is 3.15. The summed E-state index contributed by atoms with van der Waals surface area (Å²) in [6.45, 7) is 1.48. The van der Waals surface area contributed by atoms with Gasteiger partial charge in [0.05, 0.1) is 12.2 Å². The highest BCUT2D eigenvalue weighted by Gasteiger charge is 2.30. The monoisotopic (exact) mass is 216 g/mol. The molecule has 0 radical (unpaired) electrons. The van der Waals surface area contributed by atoms with E-state index >= 15 is 0 Å². The summed E-state index contributed by atoms with van der Waals surface area (Å²) in [6.07, 6.45) is -2.86. The molecule has 0 bridgehead atoms. The van der Waals surface area contributed by atoms with Gasteiger partial charge >= 0.3 is 6.18 Å². The lowest BCUT2D eigenvalue weighted by molar-refractivity contribution is -0.137. The lowest BCUT2D eigenvalue weighted by atomic mass is 10.0. The lowest BCUT2D eigenvalue weighted by Gasteiger charge is -2.08. The van der Waals surface area contributed by atoms with Crippen LogP contribution in [0.2, 0.25) is 0 Å². The Kier molecular flexibility index (Phi) is 3.52. The van der Waals surface area contributed by atoms with Crippen LogP contribution in [0.3, 0.4) is 0 Å². The van der Waals surface area contributed by atoms with Gasteiger partial charge in [-0.25, -0.2) is 0 Å². The molecule has 4 heteroatoms. The van der Waals surface area contributed by atoms with Crippen molar-refractivity contribution in [1.82, 2.24) is 0 Å². The van der Waals surface area contributed by atoms with Crippen molar-refractivity contribution in [3.63, 3.8) is 0 Å². The molecule has 1 nitrogen and oxygen atoms in total. The number of hydrogen-bond acceptors (Lipinski definition) is 1. The molecular weight excluding hydrogens is 205 g/mol. The first kappa shape index (κ1) is 11.8. The molecule has 0 aliphatic heterocycles. The topological polar surface area (TPSA) is 20.2 Å². The SMILES string of the molecule is C/C(=C\CO)c1cccc(C(F)(F)F)c1. The molecule has 1 rings (SSSR count). The van der Waals surface area contributed by atoms with Gasteiger partial charge in [0.25, 0.3) is 0 Å². The predicted molar refractivity (Wildman–Crippen MR) is 52.2 cm³/mol. The molecule has 0 fully saturated rings. The predicted octanol–water partition coefficient (Wildman–Crippen LogP) is 3.10. The summed E-state index contributed by atoms with van der Waals surface area (Å²) >= 11 is 0. The summed E-state index contributed by atoms with van der Waals surface area (Å²) in [7, 11) is 0. The van der Waals surface area contributed by atoms with Gasteiger partial charge in [0, 0.05) is 0 Å².